The van der Waals surface area contributed by atoms with Crippen molar-refractivity contribution >= 4 is 22.9 Å². The van der Waals surface area contributed by atoms with Gasteiger partial charge in [0.15, 0.2) is 5.82 Å². The molecule has 2 N–H and O–H groups in total. The maximum absolute atomic E-state index is 13.6. The summed E-state index contributed by atoms with van der Waals surface area (Å²) in [4.78, 5) is 39.2. The van der Waals surface area contributed by atoms with Gasteiger partial charge in [0.2, 0.25) is 18.0 Å². The predicted molar refractivity (Wildman–Crippen MR) is 152 cm³/mol. The molecule has 0 bridgehead atoms. The van der Waals surface area contributed by atoms with Crippen molar-refractivity contribution in [3.05, 3.63) is 77.5 Å². The van der Waals surface area contributed by atoms with E-state index in [0.717, 1.165) is 6.39 Å². The minimum Gasteiger partial charge on any atom is -0.480 e. The maximum atomic E-state index is 13.6. The minimum absolute atomic E-state index is 0.0202. The Bertz CT molecular complexity index is 1870. The SMILES string of the molecule is CNC(=O)c1c(-c2ccc(F)cc2)oc2nc(CCC(F)(F)F)c(-c3cnc(OC)c(C(=O)NC(C)(C)c4ncon4)c3)cc12. The molecule has 45 heavy (non-hydrogen) atoms. The van der Waals surface area contributed by atoms with Crippen molar-refractivity contribution < 1.29 is 40.8 Å². The number of pyridine rings is 2. The zero-order valence-electron chi connectivity index (χ0n) is 24.4. The molecule has 4 heterocycles. The molecule has 0 aliphatic heterocycles. The maximum Gasteiger partial charge on any atom is 0.389 e. The van der Waals surface area contributed by atoms with Gasteiger partial charge in [-0.15, -0.1) is 0 Å². The molecule has 5 rings (SSSR count). The Morgan fingerprint density at radius 3 is 2.38 bits per heavy atom. The van der Waals surface area contributed by atoms with Gasteiger partial charge in [0.25, 0.3) is 11.8 Å². The normalized spacial score (nSPS) is 11.9. The van der Waals surface area contributed by atoms with Crippen molar-refractivity contribution in [1.82, 2.24) is 30.7 Å². The van der Waals surface area contributed by atoms with E-state index in [1.54, 1.807) is 13.8 Å². The summed E-state index contributed by atoms with van der Waals surface area (Å²) in [6.07, 6.45) is -3.83. The van der Waals surface area contributed by atoms with Gasteiger partial charge in [-0.2, -0.15) is 18.2 Å². The van der Waals surface area contributed by atoms with Gasteiger partial charge in [-0.05, 0) is 56.7 Å². The van der Waals surface area contributed by atoms with Crippen LogP contribution in [-0.2, 0) is 12.0 Å². The molecule has 0 saturated heterocycles. The van der Waals surface area contributed by atoms with Crippen LogP contribution in [0.5, 0.6) is 5.88 Å². The van der Waals surface area contributed by atoms with Gasteiger partial charge in [0.1, 0.15) is 17.1 Å². The quantitative estimate of drug-likeness (QED) is 0.200. The lowest BCUT2D eigenvalue weighted by molar-refractivity contribution is -0.134. The molecule has 0 radical (unpaired) electrons. The molecule has 0 aliphatic carbocycles. The van der Waals surface area contributed by atoms with E-state index in [9.17, 15) is 27.2 Å². The fourth-order valence-corrected chi connectivity index (χ4v) is 4.69. The van der Waals surface area contributed by atoms with Crippen LogP contribution < -0.4 is 15.4 Å². The molecule has 0 atom stereocenters. The molecule has 0 aliphatic rings. The van der Waals surface area contributed by atoms with Crippen LogP contribution in [0.1, 0.15) is 52.5 Å². The summed E-state index contributed by atoms with van der Waals surface area (Å²) in [6, 6.07) is 8.02. The number of alkyl halides is 3. The zero-order valence-corrected chi connectivity index (χ0v) is 24.4. The zero-order chi connectivity index (χ0) is 32.5. The van der Waals surface area contributed by atoms with Crippen molar-refractivity contribution in [2.75, 3.05) is 14.2 Å². The van der Waals surface area contributed by atoms with Crippen LogP contribution in [0.2, 0.25) is 0 Å². The summed E-state index contributed by atoms with van der Waals surface area (Å²) >= 11 is 0. The number of rotatable bonds is 9. The van der Waals surface area contributed by atoms with Crippen molar-refractivity contribution in [1.29, 1.82) is 0 Å². The molecular weight excluding hydrogens is 600 g/mol. The lowest BCUT2D eigenvalue weighted by atomic mass is 9.97. The van der Waals surface area contributed by atoms with E-state index in [-0.39, 0.29) is 56.5 Å². The average Bonchev–Trinajstić information content (AvgIpc) is 3.68. The Balaban J connectivity index is 1.68. The summed E-state index contributed by atoms with van der Waals surface area (Å²) in [7, 11) is 2.71. The second-order valence-electron chi connectivity index (χ2n) is 10.5. The van der Waals surface area contributed by atoms with E-state index >= 15 is 0 Å². The van der Waals surface area contributed by atoms with Gasteiger partial charge in [0, 0.05) is 36.4 Å². The Morgan fingerprint density at radius 1 is 1.02 bits per heavy atom. The van der Waals surface area contributed by atoms with Crippen molar-refractivity contribution in [3.8, 4) is 28.3 Å². The van der Waals surface area contributed by atoms with E-state index in [2.05, 4.69) is 30.7 Å². The van der Waals surface area contributed by atoms with E-state index in [1.807, 2.05) is 0 Å². The molecule has 11 nitrogen and oxygen atoms in total. The number of aromatic nitrogens is 4. The van der Waals surface area contributed by atoms with Crippen LogP contribution >= 0.6 is 0 Å². The molecule has 2 amide bonds. The Morgan fingerprint density at radius 2 is 1.76 bits per heavy atom. The van der Waals surface area contributed by atoms with Gasteiger partial charge < -0.3 is 24.3 Å². The Hall–Kier alpha value is -5.34. The molecule has 0 unspecified atom stereocenters. The Kier molecular flexibility index (Phi) is 8.28. The second-order valence-corrected chi connectivity index (χ2v) is 10.5. The van der Waals surface area contributed by atoms with Gasteiger partial charge in [0.05, 0.1) is 29.3 Å². The number of nitrogens with zero attached hydrogens (tertiary/aromatic N) is 4. The highest BCUT2D eigenvalue weighted by Gasteiger charge is 2.31. The van der Waals surface area contributed by atoms with Crippen LogP contribution in [0.3, 0.4) is 0 Å². The summed E-state index contributed by atoms with van der Waals surface area (Å²) in [5, 5.41) is 9.25. The average molecular weight is 627 g/mol. The number of halogens is 4. The summed E-state index contributed by atoms with van der Waals surface area (Å²) in [6.45, 7) is 3.29. The molecule has 15 heteroatoms. The molecule has 0 fully saturated rings. The van der Waals surface area contributed by atoms with Crippen LogP contribution in [0.25, 0.3) is 33.6 Å². The first kappa shape index (κ1) is 31.1. The number of hydrogen-bond acceptors (Lipinski definition) is 9. The van der Waals surface area contributed by atoms with E-state index in [4.69, 9.17) is 13.7 Å². The van der Waals surface area contributed by atoms with Crippen molar-refractivity contribution in [2.45, 2.75) is 38.4 Å². The number of benzene rings is 1. The number of carbonyl (C=O) groups is 2. The standard InChI is InChI=1S/C30H26F4N6O5/c1-29(2,28-37-14-44-40-28)39-24(41)20-11-16(13-36-26(20)43-4)18-12-19-22(25(42)35-3)23(15-5-7-17(31)8-6-15)45-27(19)38-21(18)9-10-30(32,33)34/h5-8,11-14H,9-10H2,1-4H3,(H,35,42)(H,39,41). The first-order chi connectivity index (χ1) is 21.3. The number of hydrogen-bond donors (Lipinski definition) is 2. The van der Waals surface area contributed by atoms with Gasteiger partial charge >= 0.3 is 6.18 Å². The third kappa shape index (κ3) is 6.46. The van der Waals surface area contributed by atoms with E-state index < -0.39 is 42.2 Å². The number of ether oxygens (including phenoxy) is 1. The third-order valence-corrected chi connectivity index (χ3v) is 6.91. The van der Waals surface area contributed by atoms with Crippen LogP contribution in [0, 0.1) is 5.82 Å². The molecule has 234 valence electrons. The highest BCUT2D eigenvalue weighted by Crippen LogP contribution is 2.38. The summed E-state index contributed by atoms with van der Waals surface area (Å²) in [5.41, 5.74) is -0.471. The molecule has 0 spiro atoms. The van der Waals surface area contributed by atoms with Crippen LogP contribution in [-0.4, -0.2) is 52.3 Å². The molecule has 1 aromatic carbocycles. The third-order valence-electron chi connectivity index (χ3n) is 6.91. The topological polar surface area (TPSA) is 145 Å². The highest BCUT2D eigenvalue weighted by atomic mass is 19.4. The molecule has 5 aromatic rings. The number of fused-ring (bicyclic) bond motifs is 1. The fourth-order valence-electron chi connectivity index (χ4n) is 4.69. The van der Waals surface area contributed by atoms with E-state index in [1.165, 1.54) is 56.8 Å². The summed E-state index contributed by atoms with van der Waals surface area (Å²) < 4.78 is 69.8. The molecule has 4 aromatic heterocycles. The molecular formula is C30H26F4N6O5. The monoisotopic (exact) mass is 626 g/mol. The smallest absolute Gasteiger partial charge is 0.389 e. The largest absolute Gasteiger partial charge is 0.480 e. The van der Waals surface area contributed by atoms with Crippen LogP contribution in [0.4, 0.5) is 17.6 Å². The second kappa shape index (κ2) is 12.0. The minimum atomic E-state index is -4.51. The van der Waals surface area contributed by atoms with Gasteiger partial charge in [-0.25, -0.2) is 14.4 Å². The molecule has 0 saturated carbocycles. The van der Waals surface area contributed by atoms with Crippen LogP contribution in [0.15, 0.2) is 57.9 Å². The van der Waals surface area contributed by atoms with Crippen molar-refractivity contribution in [3.63, 3.8) is 0 Å². The number of aryl methyl sites for hydroxylation is 1. The highest BCUT2D eigenvalue weighted by molar-refractivity contribution is 6.11. The Labute approximate surface area is 253 Å². The summed E-state index contributed by atoms with van der Waals surface area (Å²) in [5.74, 6) is -1.54. The fraction of sp³-hybridized carbons (Fsp3) is 0.267. The predicted octanol–water partition coefficient (Wildman–Crippen LogP) is 5.61. The van der Waals surface area contributed by atoms with Gasteiger partial charge in [-0.3, -0.25) is 9.59 Å². The van der Waals surface area contributed by atoms with Crippen molar-refractivity contribution in [2.24, 2.45) is 0 Å². The first-order valence-electron chi connectivity index (χ1n) is 13.5. The lowest BCUT2D eigenvalue weighted by Crippen LogP contribution is -2.42. The number of carbonyl (C=O) groups excluding carboxylic acids is 2. The number of amides is 2. The number of furan rings is 1. The lowest BCUT2D eigenvalue weighted by Gasteiger charge is -2.23. The first-order valence-corrected chi connectivity index (χ1v) is 13.5. The van der Waals surface area contributed by atoms with E-state index in [0.29, 0.717) is 5.56 Å². The number of nitrogens with one attached hydrogen (secondary N) is 2. The number of methoxy groups -OCH3 is 1. The van der Waals surface area contributed by atoms with Gasteiger partial charge in [-0.1, -0.05) is 5.16 Å².